The Labute approximate surface area is 161 Å². The van der Waals surface area contributed by atoms with Crippen LogP contribution in [0.5, 0.6) is 0 Å². The lowest BCUT2D eigenvalue weighted by Gasteiger charge is -2.30. The van der Waals surface area contributed by atoms with Gasteiger partial charge in [-0.05, 0) is 30.5 Å². The molecule has 0 unspecified atom stereocenters. The van der Waals surface area contributed by atoms with Crippen molar-refractivity contribution in [2.75, 3.05) is 13.2 Å². The van der Waals surface area contributed by atoms with Crippen molar-refractivity contribution in [2.45, 2.75) is 32.0 Å². The number of ether oxygens (including phenoxy) is 2. The summed E-state index contributed by atoms with van der Waals surface area (Å²) in [6.45, 7) is 3.42. The maximum Gasteiger partial charge on any atom is 0.172 e. The van der Waals surface area contributed by atoms with E-state index in [9.17, 15) is 0 Å². The molecule has 4 heterocycles. The van der Waals surface area contributed by atoms with Gasteiger partial charge < -0.3 is 9.47 Å². The van der Waals surface area contributed by atoms with E-state index in [-0.39, 0.29) is 0 Å². The van der Waals surface area contributed by atoms with Crippen molar-refractivity contribution in [3.63, 3.8) is 0 Å². The molecule has 134 valence electrons. The summed E-state index contributed by atoms with van der Waals surface area (Å²) >= 11 is 6.18. The minimum Gasteiger partial charge on any atom is -0.347 e. The van der Waals surface area contributed by atoms with Gasteiger partial charge in [-0.15, -0.1) is 11.3 Å². The van der Waals surface area contributed by atoms with E-state index < -0.39 is 5.79 Å². The van der Waals surface area contributed by atoms with Crippen LogP contribution in [0.1, 0.15) is 29.8 Å². The minimum atomic E-state index is -0.390. The highest BCUT2D eigenvalue weighted by Crippen LogP contribution is 2.39. The number of fused-ring (bicyclic) bond motifs is 1. The van der Waals surface area contributed by atoms with E-state index >= 15 is 0 Å². The van der Waals surface area contributed by atoms with Gasteiger partial charge in [0.1, 0.15) is 5.65 Å². The van der Waals surface area contributed by atoms with Crippen LogP contribution in [0.25, 0.3) is 27.9 Å². The maximum atomic E-state index is 5.82. The molecule has 1 aliphatic carbocycles. The molecule has 0 N–H and O–H groups in total. The summed E-state index contributed by atoms with van der Waals surface area (Å²) in [6, 6.07) is 2.21. The van der Waals surface area contributed by atoms with Crippen LogP contribution in [0.15, 0.2) is 29.9 Å². The number of aryl methyl sites for hydroxylation is 1. The van der Waals surface area contributed by atoms with Crippen LogP contribution in [0, 0.1) is 6.92 Å². The SMILES string of the molecule is Cc1nc(-c2cn(S)c3ncc(C4=CCC5(CC4)OCCO5)cc23)cs1. The Kier molecular flexibility index (Phi) is 3.93. The Bertz CT molecular complexity index is 1020. The number of pyridine rings is 1. The summed E-state index contributed by atoms with van der Waals surface area (Å²) < 4.78 is 13.4. The monoisotopic (exact) mass is 385 g/mol. The lowest BCUT2D eigenvalue weighted by Crippen LogP contribution is -2.31. The minimum absolute atomic E-state index is 0.390. The molecule has 1 fully saturated rings. The maximum absolute atomic E-state index is 5.82. The van der Waals surface area contributed by atoms with E-state index in [2.05, 4.69) is 40.3 Å². The number of aromatic nitrogens is 3. The Hall–Kier alpha value is -1.67. The van der Waals surface area contributed by atoms with Crippen molar-refractivity contribution >= 4 is 40.8 Å². The molecule has 1 saturated heterocycles. The van der Waals surface area contributed by atoms with Gasteiger partial charge in [0, 0.05) is 41.6 Å². The van der Waals surface area contributed by atoms with Gasteiger partial charge in [0.05, 0.1) is 23.9 Å². The zero-order valence-corrected chi connectivity index (χ0v) is 16.1. The predicted molar refractivity (Wildman–Crippen MR) is 106 cm³/mol. The van der Waals surface area contributed by atoms with Crippen molar-refractivity contribution in [1.29, 1.82) is 0 Å². The predicted octanol–water partition coefficient (Wildman–Crippen LogP) is 4.47. The zero-order valence-electron chi connectivity index (χ0n) is 14.4. The number of rotatable bonds is 2. The second-order valence-electron chi connectivity index (χ2n) is 6.78. The summed E-state index contributed by atoms with van der Waals surface area (Å²) in [5.41, 5.74) is 5.36. The number of hydrogen-bond acceptors (Lipinski definition) is 6. The Morgan fingerprint density at radius 3 is 2.85 bits per heavy atom. The fourth-order valence-corrected chi connectivity index (χ4v) is 4.68. The highest BCUT2D eigenvalue weighted by molar-refractivity contribution is 7.78. The number of thiazole rings is 1. The quantitative estimate of drug-likeness (QED) is 0.661. The first-order valence-electron chi connectivity index (χ1n) is 8.74. The van der Waals surface area contributed by atoms with Crippen molar-refractivity contribution in [1.82, 2.24) is 13.9 Å². The molecular weight excluding hydrogens is 366 g/mol. The first-order chi connectivity index (χ1) is 12.6. The number of nitrogens with zero attached hydrogens (tertiary/aromatic N) is 3. The average molecular weight is 386 g/mol. The zero-order chi connectivity index (χ0) is 17.7. The van der Waals surface area contributed by atoms with Gasteiger partial charge in [-0.3, -0.25) is 3.97 Å². The molecule has 2 aliphatic rings. The summed E-state index contributed by atoms with van der Waals surface area (Å²) in [4.78, 5) is 9.29. The molecule has 26 heavy (non-hydrogen) atoms. The van der Waals surface area contributed by atoms with E-state index in [4.69, 9.17) is 9.47 Å². The van der Waals surface area contributed by atoms with Gasteiger partial charge in [-0.2, -0.15) is 0 Å². The molecule has 0 aromatic carbocycles. The van der Waals surface area contributed by atoms with Crippen molar-refractivity contribution in [2.24, 2.45) is 0 Å². The van der Waals surface area contributed by atoms with E-state index in [1.165, 1.54) is 5.57 Å². The molecule has 5 nitrogen and oxygen atoms in total. The van der Waals surface area contributed by atoms with E-state index in [0.717, 1.165) is 52.1 Å². The molecular formula is C19H19N3O2S2. The van der Waals surface area contributed by atoms with Crippen LogP contribution in [-0.4, -0.2) is 32.9 Å². The van der Waals surface area contributed by atoms with Crippen LogP contribution in [-0.2, 0) is 9.47 Å². The van der Waals surface area contributed by atoms with Crippen LogP contribution >= 0.6 is 24.2 Å². The molecule has 3 aromatic heterocycles. The Balaban J connectivity index is 1.54. The van der Waals surface area contributed by atoms with Crippen LogP contribution in [0.3, 0.4) is 0 Å². The number of hydrogen-bond donors (Lipinski definition) is 1. The topological polar surface area (TPSA) is 49.2 Å². The molecule has 0 saturated carbocycles. The highest BCUT2D eigenvalue weighted by Gasteiger charge is 2.37. The Morgan fingerprint density at radius 1 is 1.31 bits per heavy atom. The van der Waals surface area contributed by atoms with Crippen LogP contribution in [0.2, 0.25) is 0 Å². The molecule has 0 bridgehead atoms. The third-order valence-corrected chi connectivity index (χ3v) is 6.22. The normalized spacial score (nSPS) is 19.4. The number of allylic oxidation sites excluding steroid dienone is 1. The van der Waals surface area contributed by atoms with Gasteiger partial charge in [-0.25, -0.2) is 9.97 Å². The van der Waals surface area contributed by atoms with Crippen molar-refractivity contribution in [3.05, 3.63) is 40.5 Å². The molecule has 5 rings (SSSR count). The Morgan fingerprint density at radius 2 is 2.15 bits per heavy atom. The highest BCUT2D eigenvalue weighted by atomic mass is 32.1. The summed E-state index contributed by atoms with van der Waals surface area (Å²) in [5.74, 6) is -0.390. The van der Waals surface area contributed by atoms with Crippen LogP contribution in [0.4, 0.5) is 0 Å². The first-order valence-corrected chi connectivity index (χ1v) is 10.0. The lowest BCUT2D eigenvalue weighted by atomic mass is 9.90. The third kappa shape index (κ3) is 2.70. The summed E-state index contributed by atoms with van der Waals surface area (Å²) in [5, 5.41) is 4.22. The van der Waals surface area contributed by atoms with Gasteiger partial charge in [-0.1, -0.05) is 18.9 Å². The molecule has 0 radical (unpaired) electrons. The fraction of sp³-hybridized carbons (Fsp3) is 0.368. The second-order valence-corrected chi connectivity index (χ2v) is 8.27. The van der Waals surface area contributed by atoms with Crippen molar-refractivity contribution < 1.29 is 9.47 Å². The third-order valence-electron chi connectivity index (χ3n) is 5.14. The van der Waals surface area contributed by atoms with Crippen LogP contribution < -0.4 is 0 Å². The van der Waals surface area contributed by atoms with Crippen molar-refractivity contribution in [3.8, 4) is 11.3 Å². The van der Waals surface area contributed by atoms with E-state index in [1.54, 1.807) is 15.3 Å². The largest absolute Gasteiger partial charge is 0.347 e. The second kappa shape index (κ2) is 6.20. The molecule has 0 atom stereocenters. The van der Waals surface area contributed by atoms with E-state index in [0.29, 0.717) is 13.2 Å². The molecule has 3 aromatic rings. The van der Waals surface area contributed by atoms with Gasteiger partial charge in [0.25, 0.3) is 0 Å². The lowest BCUT2D eigenvalue weighted by molar-refractivity contribution is -0.159. The van der Waals surface area contributed by atoms with Gasteiger partial charge in [0.15, 0.2) is 5.79 Å². The smallest absolute Gasteiger partial charge is 0.172 e. The van der Waals surface area contributed by atoms with Gasteiger partial charge >= 0.3 is 0 Å². The van der Waals surface area contributed by atoms with Gasteiger partial charge in [0.2, 0.25) is 0 Å². The number of thiol groups is 1. The summed E-state index contributed by atoms with van der Waals surface area (Å²) in [6.07, 6.45) is 8.78. The summed E-state index contributed by atoms with van der Waals surface area (Å²) in [7, 11) is 0. The average Bonchev–Trinajstić information content (AvgIpc) is 3.36. The molecule has 1 aliphatic heterocycles. The molecule has 1 spiro atoms. The first kappa shape index (κ1) is 16.5. The molecule has 7 heteroatoms. The fourth-order valence-electron chi connectivity index (χ4n) is 3.79. The molecule has 0 amide bonds. The standard InChI is InChI=1S/C19H19N3O2S2/c1-12-21-17(11-26-12)16-10-22(25)18-15(16)8-14(9-20-18)13-2-4-19(5-3-13)23-6-7-24-19/h2,8-11,25H,3-7H2,1H3. The van der Waals surface area contributed by atoms with E-state index in [1.807, 2.05) is 19.3 Å².